The van der Waals surface area contributed by atoms with Gasteiger partial charge in [0.1, 0.15) is 11.3 Å². The lowest BCUT2D eigenvalue weighted by Crippen LogP contribution is -2.54. The molecule has 2 aliphatic rings. The zero-order valence-corrected chi connectivity index (χ0v) is 16.7. The number of anilines is 1. The molecule has 0 aromatic heterocycles. The lowest BCUT2D eigenvalue weighted by atomic mass is 10.0. The first-order valence-corrected chi connectivity index (χ1v) is 9.82. The van der Waals surface area contributed by atoms with Crippen LogP contribution in [-0.4, -0.2) is 25.0 Å². The molecule has 1 aliphatic heterocycles. The van der Waals surface area contributed by atoms with E-state index in [2.05, 4.69) is 17.4 Å². The summed E-state index contributed by atoms with van der Waals surface area (Å²) in [6.07, 6.45) is 2.39. The molecule has 0 radical (unpaired) electrons. The summed E-state index contributed by atoms with van der Waals surface area (Å²) in [7, 11) is 1.53. The van der Waals surface area contributed by atoms with E-state index in [1.807, 2.05) is 30.3 Å². The average molecular weight is 410 g/mol. The third kappa shape index (κ3) is 3.18. The highest BCUT2D eigenvalue weighted by molar-refractivity contribution is 6.39. The molecule has 1 aliphatic carbocycles. The first kappa shape index (κ1) is 18.8. The van der Waals surface area contributed by atoms with Crippen molar-refractivity contribution < 1.29 is 19.1 Å². The molecule has 0 unspecified atom stereocenters. The smallest absolute Gasteiger partial charge is 0.335 e. The Hall–Kier alpha value is -4.19. The van der Waals surface area contributed by atoms with Crippen LogP contribution in [0.5, 0.6) is 5.75 Å². The second-order valence-corrected chi connectivity index (χ2v) is 7.41. The van der Waals surface area contributed by atoms with Crippen LogP contribution in [-0.2, 0) is 16.0 Å². The van der Waals surface area contributed by atoms with E-state index in [4.69, 9.17) is 4.74 Å². The fourth-order valence-corrected chi connectivity index (χ4v) is 4.02. The Labute approximate surface area is 178 Å². The van der Waals surface area contributed by atoms with E-state index in [-0.39, 0.29) is 5.57 Å². The van der Waals surface area contributed by atoms with Gasteiger partial charge in [0.05, 0.1) is 12.8 Å². The van der Waals surface area contributed by atoms with E-state index in [0.29, 0.717) is 11.4 Å². The average Bonchev–Trinajstić information content (AvgIpc) is 3.15. The minimum Gasteiger partial charge on any atom is -0.497 e. The van der Waals surface area contributed by atoms with Crippen LogP contribution in [0.4, 0.5) is 10.5 Å². The number of hydrogen-bond acceptors (Lipinski definition) is 4. The lowest BCUT2D eigenvalue weighted by molar-refractivity contribution is -0.122. The van der Waals surface area contributed by atoms with Gasteiger partial charge in [-0.25, -0.2) is 9.69 Å². The van der Waals surface area contributed by atoms with E-state index >= 15 is 0 Å². The fourth-order valence-electron chi connectivity index (χ4n) is 4.02. The molecule has 0 spiro atoms. The summed E-state index contributed by atoms with van der Waals surface area (Å²) < 4.78 is 5.12. The lowest BCUT2D eigenvalue weighted by Gasteiger charge is -2.26. The molecule has 1 fully saturated rings. The first-order valence-electron chi connectivity index (χ1n) is 9.82. The Balaban J connectivity index is 1.52. The predicted molar refractivity (Wildman–Crippen MR) is 117 cm³/mol. The Bertz CT molecular complexity index is 1270. The molecule has 0 saturated carbocycles. The normalized spacial score (nSPS) is 16.2. The summed E-state index contributed by atoms with van der Waals surface area (Å²) in [6, 6.07) is 19.8. The van der Waals surface area contributed by atoms with Crippen LogP contribution in [0, 0.1) is 0 Å². The number of nitrogens with one attached hydrogen (secondary N) is 1. The molecule has 5 rings (SSSR count). The number of methoxy groups -OCH3 is 1. The van der Waals surface area contributed by atoms with E-state index < -0.39 is 17.8 Å². The van der Waals surface area contributed by atoms with Crippen molar-refractivity contribution in [3.8, 4) is 16.9 Å². The van der Waals surface area contributed by atoms with Crippen LogP contribution < -0.4 is 15.0 Å². The van der Waals surface area contributed by atoms with Crippen LogP contribution in [0.1, 0.15) is 16.7 Å². The summed E-state index contributed by atoms with van der Waals surface area (Å²) >= 11 is 0. The Morgan fingerprint density at radius 1 is 0.903 bits per heavy atom. The summed E-state index contributed by atoms with van der Waals surface area (Å²) in [5.74, 6) is -0.778. The molecule has 1 N–H and O–H groups in total. The Morgan fingerprint density at radius 3 is 2.42 bits per heavy atom. The molecular weight excluding hydrogens is 392 g/mol. The van der Waals surface area contributed by atoms with E-state index in [9.17, 15) is 14.4 Å². The van der Waals surface area contributed by atoms with Gasteiger partial charge in [0, 0.05) is 0 Å². The molecule has 0 atom stereocenters. The number of carbonyl (C=O) groups is 3. The van der Waals surface area contributed by atoms with Crippen LogP contribution in [0.15, 0.2) is 72.3 Å². The number of benzene rings is 3. The van der Waals surface area contributed by atoms with Crippen LogP contribution in [0.25, 0.3) is 17.2 Å². The van der Waals surface area contributed by atoms with Gasteiger partial charge in [-0.3, -0.25) is 14.9 Å². The largest absolute Gasteiger partial charge is 0.497 e. The summed E-state index contributed by atoms with van der Waals surface area (Å²) in [5.41, 5.74) is 5.69. The van der Waals surface area contributed by atoms with Gasteiger partial charge in [0.25, 0.3) is 11.8 Å². The van der Waals surface area contributed by atoms with Gasteiger partial charge >= 0.3 is 6.03 Å². The number of imide groups is 2. The number of fused-ring (bicyclic) bond motifs is 3. The van der Waals surface area contributed by atoms with Crippen LogP contribution in [0.3, 0.4) is 0 Å². The molecule has 6 heteroatoms. The van der Waals surface area contributed by atoms with Gasteiger partial charge in [-0.15, -0.1) is 0 Å². The molecular formula is C25H18N2O4. The van der Waals surface area contributed by atoms with Crippen molar-refractivity contribution in [3.05, 3.63) is 89.0 Å². The summed E-state index contributed by atoms with van der Waals surface area (Å²) in [6.45, 7) is 0. The van der Waals surface area contributed by atoms with Crippen molar-refractivity contribution in [1.82, 2.24) is 5.32 Å². The molecule has 3 aromatic rings. The minimum atomic E-state index is -0.778. The summed E-state index contributed by atoms with van der Waals surface area (Å²) in [5, 5.41) is 2.25. The van der Waals surface area contributed by atoms with Crippen molar-refractivity contribution in [2.24, 2.45) is 0 Å². The highest BCUT2D eigenvalue weighted by Crippen LogP contribution is 2.37. The van der Waals surface area contributed by atoms with Crippen molar-refractivity contribution in [1.29, 1.82) is 0 Å². The van der Waals surface area contributed by atoms with Gasteiger partial charge in [-0.1, -0.05) is 36.4 Å². The van der Waals surface area contributed by atoms with Crippen LogP contribution in [0.2, 0.25) is 0 Å². The monoisotopic (exact) mass is 410 g/mol. The maximum Gasteiger partial charge on any atom is 0.335 e. The van der Waals surface area contributed by atoms with Gasteiger partial charge in [-0.05, 0) is 70.6 Å². The van der Waals surface area contributed by atoms with Crippen molar-refractivity contribution in [2.45, 2.75) is 6.42 Å². The second kappa shape index (κ2) is 7.25. The minimum absolute atomic E-state index is 0.0957. The maximum absolute atomic E-state index is 13.1. The predicted octanol–water partition coefficient (Wildman–Crippen LogP) is 3.93. The van der Waals surface area contributed by atoms with Crippen LogP contribution >= 0.6 is 0 Å². The number of hydrogen-bond donors (Lipinski definition) is 1. The standard InChI is InChI=1S/C25H18N2O4/c1-31-19-10-8-18(9-11-19)27-24(29)22(23(28)26-25(27)30)13-15-6-7-17-14-16-4-2-3-5-20(16)21(17)12-15/h2-13H,14H2,1H3,(H,26,28,30)/b22-13-. The number of rotatable bonds is 3. The van der Waals surface area contributed by atoms with Gasteiger partial charge in [-0.2, -0.15) is 0 Å². The third-order valence-corrected chi connectivity index (χ3v) is 5.57. The Morgan fingerprint density at radius 2 is 1.65 bits per heavy atom. The number of ether oxygens (including phenoxy) is 1. The molecule has 1 saturated heterocycles. The van der Waals surface area contributed by atoms with E-state index in [1.165, 1.54) is 24.3 Å². The zero-order valence-electron chi connectivity index (χ0n) is 16.7. The molecule has 6 nitrogen and oxygen atoms in total. The van der Waals surface area contributed by atoms with E-state index in [1.54, 1.807) is 24.3 Å². The third-order valence-electron chi connectivity index (χ3n) is 5.57. The second-order valence-electron chi connectivity index (χ2n) is 7.41. The number of carbonyl (C=O) groups excluding carboxylic acids is 3. The topological polar surface area (TPSA) is 75.7 Å². The number of nitrogens with zero attached hydrogens (tertiary/aromatic N) is 1. The summed E-state index contributed by atoms with van der Waals surface area (Å²) in [4.78, 5) is 38.9. The van der Waals surface area contributed by atoms with Crippen molar-refractivity contribution in [3.63, 3.8) is 0 Å². The highest BCUT2D eigenvalue weighted by atomic mass is 16.5. The highest BCUT2D eigenvalue weighted by Gasteiger charge is 2.36. The quantitative estimate of drug-likeness (QED) is 0.410. The Kier molecular flexibility index (Phi) is 4.40. The van der Waals surface area contributed by atoms with Gasteiger partial charge < -0.3 is 4.74 Å². The SMILES string of the molecule is COc1ccc(N2C(=O)NC(=O)/C(=C/c3ccc4c(c3)-c3ccccc3C4)C2=O)cc1. The molecule has 31 heavy (non-hydrogen) atoms. The zero-order chi connectivity index (χ0) is 21.5. The molecule has 152 valence electrons. The van der Waals surface area contributed by atoms with Gasteiger partial charge in [0.2, 0.25) is 0 Å². The van der Waals surface area contributed by atoms with Gasteiger partial charge in [0.15, 0.2) is 0 Å². The fraction of sp³-hybridized carbons (Fsp3) is 0.0800. The molecule has 0 bridgehead atoms. The van der Waals surface area contributed by atoms with Crippen molar-refractivity contribution in [2.75, 3.05) is 12.0 Å². The molecule has 4 amide bonds. The number of amides is 4. The number of barbiturate groups is 1. The van der Waals surface area contributed by atoms with E-state index in [0.717, 1.165) is 28.0 Å². The number of urea groups is 1. The molecule has 1 heterocycles. The first-order chi connectivity index (χ1) is 15.0. The maximum atomic E-state index is 13.1. The molecule has 3 aromatic carbocycles. The van der Waals surface area contributed by atoms with Crippen molar-refractivity contribution >= 4 is 29.6 Å².